The fraction of sp³-hybridized carbons (Fsp3) is 0.625. The first-order valence-electron chi connectivity index (χ1n) is 7.40. The molecule has 0 saturated carbocycles. The van der Waals surface area contributed by atoms with Crippen molar-refractivity contribution in [3.63, 3.8) is 0 Å². The van der Waals surface area contributed by atoms with Gasteiger partial charge in [0.15, 0.2) is 0 Å². The number of nitrogens with zero attached hydrogens (tertiary/aromatic N) is 1. The fourth-order valence-electron chi connectivity index (χ4n) is 1.67. The Morgan fingerprint density at radius 1 is 1.33 bits per heavy atom. The van der Waals surface area contributed by atoms with E-state index in [0.717, 1.165) is 18.7 Å². The molecular formula is C16H26N2O3. The summed E-state index contributed by atoms with van der Waals surface area (Å²) in [4.78, 5) is 10.6. The van der Waals surface area contributed by atoms with Crippen LogP contribution in [0.4, 0.5) is 11.4 Å². The largest absolute Gasteiger partial charge is 0.493 e. The first-order chi connectivity index (χ1) is 9.74. The van der Waals surface area contributed by atoms with Gasteiger partial charge in [-0.05, 0) is 17.8 Å². The molecule has 0 heterocycles. The molecule has 0 spiro atoms. The third kappa shape index (κ3) is 5.61. The van der Waals surface area contributed by atoms with Crippen molar-refractivity contribution in [3.8, 4) is 5.75 Å². The number of hydrogen-bond acceptors (Lipinski definition) is 4. The predicted molar refractivity (Wildman–Crippen MR) is 86.0 cm³/mol. The van der Waals surface area contributed by atoms with Crippen LogP contribution in [0.15, 0.2) is 18.2 Å². The van der Waals surface area contributed by atoms with Gasteiger partial charge in [-0.15, -0.1) is 0 Å². The molecule has 118 valence electrons. The van der Waals surface area contributed by atoms with Crippen LogP contribution in [-0.2, 0) is 0 Å². The molecule has 1 unspecified atom stereocenters. The van der Waals surface area contributed by atoms with Gasteiger partial charge in [-0.3, -0.25) is 10.1 Å². The zero-order valence-electron chi connectivity index (χ0n) is 13.6. The highest BCUT2D eigenvalue weighted by Gasteiger charge is 2.20. The van der Waals surface area contributed by atoms with E-state index < -0.39 is 4.92 Å². The number of benzene rings is 1. The van der Waals surface area contributed by atoms with Gasteiger partial charge >= 0.3 is 0 Å². The molecule has 0 aliphatic rings. The number of nitrogens with one attached hydrogen (secondary N) is 1. The van der Waals surface area contributed by atoms with E-state index in [1.165, 1.54) is 6.07 Å². The van der Waals surface area contributed by atoms with Crippen LogP contribution in [0.2, 0.25) is 0 Å². The summed E-state index contributed by atoms with van der Waals surface area (Å²) in [5.74, 6) is 0.980. The number of hydrogen-bond donors (Lipinski definition) is 1. The normalized spacial score (nSPS) is 12.8. The molecule has 21 heavy (non-hydrogen) atoms. The smallest absolute Gasteiger partial charge is 0.275 e. The van der Waals surface area contributed by atoms with Crippen molar-refractivity contribution >= 4 is 11.4 Å². The first kappa shape index (κ1) is 17.3. The third-order valence-electron chi connectivity index (χ3n) is 3.67. The summed E-state index contributed by atoms with van der Waals surface area (Å²) in [6, 6.07) is 4.83. The first-order valence-corrected chi connectivity index (χ1v) is 7.40. The molecular weight excluding hydrogens is 268 g/mol. The Kier molecular flexibility index (Phi) is 6.00. The molecule has 0 fully saturated rings. The van der Waals surface area contributed by atoms with Crippen LogP contribution in [0.3, 0.4) is 0 Å². The Balaban J connectivity index is 2.85. The quantitative estimate of drug-likeness (QED) is 0.595. The number of rotatable bonds is 7. The number of anilines is 1. The van der Waals surface area contributed by atoms with Crippen LogP contribution >= 0.6 is 0 Å². The van der Waals surface area contributed by atoms with Crippen molar-refractivity contribution in [2.45, 2.75) is 41.0 Å². The van der Waals surface area contributed by atoms with Crippen molar-refractivity contribution in [1.82, 2.24) is 0 Å². The van der Waals surface area contributed by atoms with Crippen molar-refractivity contribution in [3.05, 3.63) is 28.3 Å². The lowest BCUT2D eigenvalue weighted by molar-refractivity contribution is -0.384. The maximum atomic E-state index is 11.0. The van der Waals surface area contributed by atoms with Crippen molar-refractivity contribution < 1.29 is 9.66 Å². The molecule has 0 amide bonds. The maximum Gasteiger partial charge on any atom is 0.275 e. The molecule has 1 aromatic carbocycles. The van der Waals surface area contributed by atoms with Gasteiger partial charge in [-0.1, -0.05) is 34.6 Å². The monoisotopic (exact) mass is 294 g/mol. The van der Waals surface area contributed by atoms with Crippen LogP contribution in [0.5, 0.6) is 5.75 Å². The SMILES string of the molecule is CCCOc1cc(NCC(C)C(C)(C)C)cc([N+](=O)[O-])c1. The van der Waals surface area contributed by atoms with Crippen LogP contribution in [0, 0.1) is 21.4 Å². The van der Waals surface area contributed by atoms with Gasteiger partial charge in [0.05, 0.1) is 17.6 Å². The summed E-state index contributed by atoms with van der Waals surface area (Å²) in [6.07, 6.45) is 0.868. The second-order valence-corrected chi connectivity index (χ2v) is 6.47. The standard InChI is InChI=1S/C16H26N2O3/c1-6-7-21-15-9-13(8-14(10-15)18(19)20)17-11-12(2)16(3,4)5/h8-10,12,17H,6-7,11H2,1-5H3. The summed E-state index contributed by atoms with van der Waals surface area (Å²) in [5.41, 5.74) is 0.968. The van der Waals surface area contributed by atoms with E-state index in [4.69, 9.17) is 4.74 Å². The highest BCUT2D eigenvalue weighted by molar-refractivity contribution is 5.56. The Labute approximate surface area is 126 Å². The van der Waals surface area contributed by atoms with E-state index in [2.05, 4.69) is 33.0 Å². The Morgan fingerprint density at radius 2 is 2.00 bits per heavy atom. The minimum Gasteiger partial charge on any atom is -0.493 e. The van der Waals surface area contributed by atoms with Gasteiger partial charge < -0.3 is 10.1 Å². The number of nitro groups is 1. The molecule has 0 bridgehead atoms. The second kappa shape index (κ2) is 7.29. The lowest BCUT2D eigenvalue weighted by Gasteiger charge is -2.27. The Bertz CT molecular complexity index is 481. The minimum atomic E-state index is -0.392. The molecule has 5 nitrogen and oxygen atoms in total. The highest BCUT2D eigenvalue weighted by Crippen LogP contribution is 2.29. The summed E-state index contributed by atoms with van der Waals surface area (Å²) in [5, 5.41) is 14.3. The lowest BCUT2D eigenvalue weighted by Crippen LogP contribution is -2.24. The average molecular weight is 294 g/mol. The molecule has 1 aromatic rings. The zero-order chi connectivity index (χ0) is 16.0. The van der Waals surface area contributed by atoms with E-state index in [0.29, 0.717) is 18.3 Å². The molecule has 1 N–H and O–H groups in total. The predicted octanol–water partition coefficient (Wildman–Crippen LogP) is 4.48. The molecule has 5 heteroatoms. The summed E-state index contributed by atoms with van der Waals surface area (Å²) >= 11 is 0. The van der Waals surface area contributed by atoms with E-state index in [1.54, 1.807) is 6.07 Å². The molecule has 0 aliphatic carbocycles. The van der Waals surface area contributed by atoms with Crippen molar-refractivity contribution in [1.29, 1.82) is 0 Å². The number of ether oxygens (including phenoxy) is 1. The topological polar surface area (TPSA) is 64.4 Å². The molecule has 0 radical (unpaired) electrons. The Morgan fingerprint density at radius 3 is 2.52 bits per heavy atom. The van der Waals surface area contributed by atoms with Gasteiger partial charge in [0, 0.05) is 24.4 Å². The van der Waals surface area contributed by atoms with E-state index >= 15 is 0 Å². The van der Waals surface area contributed by atoms with Crippen LogP contribution in [-0.4, -0.2) is 18.1 Å². The highest BCUT2D eigenvalue weighted by atomic mass is 16.6. The Hall–Kier alpha value is -1.78. The van der Waals surface area contributed by atoms with E-state index in [-0.39, 0.29) is 11.1 Å². The zero-order valence-corrected chi connectivity index (χ0v) is 13.6. The molecule has 0 saturated heterocycles. The number of nitro benzene ring substituents is 1. The van der Waals surface area contributed by atoms with Gasteiger partial charge in [0.25, 0.3) is 5.69 Å². The van der Waals surface area contributed by atoms with Crippen LogP contribution in [0.25, 0.3) is 0 Å². The molecule has 0 aromatic heterocycles. The molecule has 0 aliphatic heterocycles. The van der Waals surface area contributed by atoms with E-state index in [1.807, 2.05) is 13.0 Å². The average Bonchev–Trinajstić information content (AvgIpc) is 2.41. The van der Waals surface area contributed by atoms with Crippen molar-refractivity contribution in [2.75, 3.05) is 18.5 Å². The molecule has 1 atom stereocenters. The van der Waals surface area contributed by atoms with Crippen molar-refractivity contribution in [2.24, 2.45) is 11.3 Å². The van der Waals surface area contributed by atoms with E-state index in [9.17, 15) is 10.1 Å². The van der Waals surface area contributed by atoms with Crippen LogP contribution in [0.1, 0.15) is 41.0 Å². The minimum absolute atomic E-state index is 0.0505. The third-order valence-corrected chi connectivity index (χ3v) is 3.67. The van der Waals surface area contributed by atoms with Gasteiger partial charge in [0.2, 0.25) is 0 Å². The summed E-state index contributed by atoms with van der Waals surface area (Å²) in [7, 11) is 0. The number of non-ortho nitro benzene ring substituents is 1. The van der Waals surface area contributed by atoms with Crippen LogP contribution < -0.4 is 10.1 Å². The maximum absolute atomic E-state index is 11.0. The summed E-state index contributed by atoms with van der Waals surface area (Å²) < 4.78 is 5.52. The fourth-order valence-corrected chi connectivity index (χ4v) is 1.67. The molecule has 1 rings (SSSR count). The second-order valence-electron chi connectivity index (χ2n) is 6.47. The summed E-state index contributed by atoms with van der Waals surface area (Å²) in [6.45, 7) is 12.0. The van der Waals surface area contributed by atoms with Gasteiger partial charge in [-0.2, -0.15) is 0 Å². The lowest BCUT2D eigenvalue weighted by atomic mass is 9.82. The van der Waals surface area contributed by atoms with Gasteiger partial charge in [-0.25, -0.2) is 0 Å². The van der Waals surface area contributed by atoms with Gasteiger partial charge in [0.1, 0.15) is 5.75 Å².